The second-order valence-electron chi connectivity index (χ2n) is 4.89. The number of ether oxygens (including phenoxy) is 1. The summed E-state index contributed by atoms with van der Waals surface area (Å²) in [6.07, 6.45) is 1.74. The highest BCUT2D eigenvalue weighted by molar-refractivity contribution is 7.89. The maximum atomic E-state index is 12.7. The quantitative estimate of drug-likeness (QED) is 0.900. The predicted molar refractivity (Wildman–Crippen MR) is 79.9 cm³/mol. The van der Waals surface area contributed by atoms with Crippen molar-refractivity contribution in [3.8, 4) is 5.75 Å². The number of carbonyl (C=O) groups is 1. The average Bonchev–Trinajstić information content (AvgIpc) is 2.94. The average molecular weight is 312 g/mol. The summed E-state index contributed by atoms with van der Waals surface area (Å²) in [4.78, 5) is 11.2. The van der Waals surface area contributed by atoms with Gasteiger partial charge >= 0.3 is 0 Å². The number of anilines is 1. The molecule has 1 aromatic carbocycles. The molecule has 1 aliphatic heterocycles. The third kappa shape index (κ3) is 3.54. The van der Waals surface area contributed by atoms with Gasteiger partial charge in [0.1, 0.15) is 10.6 Å². The Morgan fingerprint density at radius 1 is 1.33 bits per heavy atom. The first-order valence-electron chi connectivity index (χ1n) is 6.99. The standard InChI is InChI=1S/C14H20N2O4S/c1-3-20-13-7-6-12(15-11(2)17)10-14(13)21(18,19)16-8-4-5-9-16/h6-7,10H,3-5,8-9H2,1-2H3,(H,15,17). The summed E-state index contributed by atoms with van der Waals surface area (Å²) in [5.74, 6) is 0.0715. The van der Waals surface area contributed by atoms with E-state index in [-0.39, 0.29) is 10.8 Å². The molecule has 1 amide bonds. The Morgan fingerprint density at radius 2 is 2.00 bits per heavy atom. The van der Waals surface area contributed by atoms with E-state index >= 15 is 0 Å². The van der Waals surface area contributed by atoms with Crippen LogP contribution >= 0.6 is 0 Å². The molecular formula is C14H20N2O4S. The summed E-state index contributed by atoms with van der Waals surface area (Å²) in [5.41, 5.74) is 0.448. The van der Waals surface area contributed by atoms with E-state index in [2.05, 4.69) is 5.32 Å². The fraction of sp³-hybridized carbons (Fsp3) is 0.500. The van der Waals surface area contributed by atoms with Gasteiger partial charge in [-0.3, -0.25) is 4.79 Å². The summed E-state index contributed by atoms with van der Waals surface area (Å²) < 4.78 is 32.3. The van der Waals surface area contributed by atoms with Gasteiger partial charge in [-0.2, -0.15) is 4.31 Å². The Hall–Kier alpha value is -1.60. The highest BCUT2D eigenvalue weighted by atomic mass is 32.2. The molecular weight excluding hydrogens is 292 g/mol. The van der Waals surface area contributed by atoms with Crippen LogP contribution in [0.4, 0.5) is 5.69 Å². The van der Waals surface area contributed by atoms with Crippen LogP contribution in [0, 0.1) is 0 Å². The highest BCUT2D eigenvalue weighted by Gasteiger charge is 2.30. The van der Waals surface area contributed by atoms with E-state index in [1.165, 1.54) is 17.3 Å². The van der Waals surface area contributed by atoms with Crippen LogP contribution in [0.15, 0.2) is 23.1 Å². The monoisotopic (exact) mass is 312 g/mol. The van der Waals surface area contributed by atoms with Gasteiger partial charge in [0.15, 0.2) is 0 Å². The molecule has 2 rings (SSSR count). The zero-order valence-corrected chi connectivity index (χ0v) is 13.1. The summed E-state index contributed by atoms with van der Waals surface area (Å²) >= 11 is 0. The summed E-state index contributed by atoms with van der Waals surface area (Å²) in [5, 5.41) is 2.60. The SMILES string of the molecule is CCOc1ccc(NC(C)=O)cc1S(=O)(=O)N1CCCC1. The number of amides is 1. The van der Waals surface area contributed by atoms with Crippen LogP contribution in [-0.2, 0) is 14.8 Å². The molecule has 1 fully saturated rings. The van der Waals surface area contributed by atoms with Crippen LogP contribution in [0.25, 0.3) is 0 Å². The molecule has 0 aromatic heterocycles. The summed E-state index contributed by atoms with van der Waals surface area (Å²) in [6.45, 7) is 4.61. The molecule has 0 aliphatic carbocycles. The Balaban J connectivity index is 2.44. The van der Waals surface area contributed by atoms with Crippen LogP contribution in [0.5, 0.6) is 5.75 Å². The van der Waals surface area contributed by atoms with Gasteiger partial charge in [-0.05, 0) is 38.0 Å². The van der Waals surface area contributed by atoms with Crippen LogP contribution in [0.2, 0.25) is 0 Å². The van der Waals surface area contributed by atoms with Crippen LogP contribution in [0.3, 0.4) is 0 Å². The number of carbonyl (C=O) groups excluding carboxylic acids is 1. The molecule has 0 unspecified atom stereocenters. The molecule has 0 bridgehead atoms. The maximum absolute atomic E-state index is 12.7. The van der Waals surface area contributed by atoms with Crippen molar-refractivity contribution < 1.29 is 17.9 Å². The number of rotatable bonds is 5. The van der Waals surface area contributed by atoms with Crippen molar-refractivity contribution >= 4 is 21.6 Å². The molecule has 1 aromatic rings. The first kappa shape index (κ1) is 15.8. The van der Waals surface area contributed by atoms with Crippen LogP contribution < -0.4 is 10.1 Å². The molecule has 116 valence electrons. The normalized spacial score (nSPS) is 15.9. The van der Waals surface area contributed by atoms with Gasteiger partial charge in [-0.1, -0.05) is 0 Å². The van der Waals surface area contributed by atoms with Crippen molar-refractivity contribution in [1.82, 2.24) is 4.31 Å². The van der Waals surface area contributed by atoms with Crippen molar-refractivity contribution in [2.45, 2.75) is 31.6 Å². The van der Waals surface area contributed by atoms with Crippen molar-refractivity contribution in [2.24, 2.45) is 0 Å². The van der Waals surface area contributed by atoms with Gasteiger partial charge in [0.2, 0.25) is 15.9 Å². The first-order valence-corrected chi connectivity index (χ1v) is 8.43. The Labute approximate surface area is 125 Å². The fourth-order valence-corrected chi connectivity index (χ4v) is 4.01. The fourth-order valence-electron chi connectivity index (χ4n) is 2.33. The van der Waals surface area contributed by atoms with Crippen LogP contribution in [0.1, 0.15) is 26.7 Å². The van der Waals surface area contributed by atoms with Gasteiger partial charge in [-0.15, -0.1) is 0 Å². The highest BCUT2D eigenvalue weighted by Crippen LogP contribution is 2.31. The summed E-state index contributed by atoms with van der Waals surface area (Å²) in [7, 11) is -3.59. The van der Waals surface area contributed by atoms with Crippen molar-refractivity contribution in [1.29, 1.82) is 0 Å². The number of benzene rings is 1. The van der Waals surface area contributed by atoms with E-state index in [1.54, 1.807) is 19.1 Å². The molecule has 7 heteroatoms. The number of hydrogen-bond acceptors (Lipinski definition) is 4. The van der Waals surface area contributed by atoms with Gasteiger partial charge < -0.3 is 10.1 Å². The summed E-state index contributed by atoms with van der Waals surface area (Å²) in [6, 6.07) is 4.67. The topological polar surface area (TPSA) is 75.7 Å². The lowest BCUT2D eigenvalue weighted by Gasteiger charge is -2.19. The minimum Gasteiger partial charge on any atom is -0.492 e. The van der Waals surface area contributed by atoms with Crippen LogP contribution in [-0.4, -0.2) is 38.3 Å². The molecule has 0 atom stereocenters. The van der Waals surface area contributed by atoms with Crippen molar-refractivity contribution in [2.75, 3.05) is 25.0 Å². The Bertz CT molecular complexity index is 622. The van der Waals surface area contributed by atoms with E-state index < -0.39 is 10.0 Å². The molecule has 0 radical (unpaired) electrons. The maximum Gasteiger partial charge on any atom is 0.246 e. The Morgan fingerprint density at radius 3 is 2.57 bits per heavy atom. The number of nitrogens with zero attached hydrogens (tertiary/aromatic N) is 1. The van der Waals surface area contributed by atoms with Gasteiger partial charge in [-0.25, -0.2) is 8.42 Å². The number of nitrogens with one attached hydrogen (secondary N) is 1. The van der Waals surface area contributed by atoms with Crippen molar-refractivity contribution in [3.05, 3.63) is 18.2 Å². The molecule has 1 heterocycles. The predicted octanol–water partition coefficient (Wildman–Crippen LogP) is 1.83. The largest absolute Gasteiger partial charge is 0.492 e. The van der Waals surface area contributed by atoms with E-state index in [0.29, 0.717) is 31.1 Å². The van der Waals surface area contributed by atoms with Gasteiger partial charge in [0.05, 0.1) is 6.61 Å². The molecule has 6 nitrogen and oxygen atoms in total. The second kappa shape index (κ2) is 6.44. The lowest BCUT2D eigenvalue weighted by molar-refractivity contribution is -0.114. The van der Waals surface area contributed by atoms with E-state index in [1.807, 2.05) is 0 Å². The van der Waals surface area contributed by atoms with Gasteiger partial charge in [0, 0.05) is 25.7 Å². The third-order valence-electron chi connectivity index (χ3n) is 3.25. The number of hydrogen-bond donors (Lipinski definition) is 1. The van der Waals surface area contributed by atoms with Crippen molar-refractivity contribution in [3.63, 3.8) is 0 Å². The number of sulfonamides is 1. The van der Waals surface area contributed by atoms with E-state index in [4.69, 9.17) is 4.74 Å². The smallest absolute Gasteiger partial charge is 0.246 e. The molecule has 1 saturated heterocycles. The minimum absolute atomic E-state index is 0.109. The first-order chi connectivity index (χ1) is 9.95. The second-order valence-corrected chi connectivity index (χ2v) is 6.79. The minimum atomic E-state index is -3.59. The zero-order valence-electron chi connectivity index (χ0n) is 12.3. The molecule has 0 spiro atoms. The van der Waals surface area contributed by atoms with E-state index in [9.17, 15) is 13.2 Å². The Kier molecular flexibility index (Phi) is 4.84. The van der Waals surface area contributed by atoms with E-state index in [0.717, 1.165) is 12.8 Å². The molecule has 0 saturated carbocycles. The molecule has 1 N–H and O–H groups in total. The molecule has 21 heavy (non-hydrogen) atoms. The lowest BCUT2D eigenvalue weighted by atomic mass is 10.3. The van der Waals surface area contributed by atoms with Gasteiger partial charge in [0.25, 0.3) is 0 Å². The molecule has 1 aliphatic rings. The zero-order chi connectivity index (χ0) is 15.5. The third-order valence-corrected chi connectivity index (χ3v) is 5.17. The lowest BCUT2D eigenvalue weighted by Crippen LogP contribution is -2.28.